The van der Waals surface area contributed by atoms with Crippen molar-refractivity contribution in [2.24, 2.45) is 0 Å². The highest BCUT2D eigenvalue weighted by molar-refractivity contribution is 7.09. The molecule has 1 aliphatic heterocycles. The monoisotopic (exact) mass is 349 g/mol. The lowest BCUT2D eigenvalue weighted by atomic mass is 10.2. The average molecular weight is 349 g/mol. The fourth-order valence-corrected chi connectivity index (χ4v) is 3.97. The molecule has 0 radical (unpaired) electrons. The highest BCUT2D eigenvalue weighted by Gasteiger charge is 2.24. The van der Waals surface area contributed by atoms with Crippen LogP contribution in [-0.4, -0.2) is 22.4 Å². The summed E-state index contributed by atoms with van der Waals surface area (Å²) in [5.74, 6) is 0.131. The van der Waals surface area contributed by atoms with Gasteiger partial charge in [0.1, 0.15) is 0 Å². The first kappa shape index (κ1) is 16.0. The smallest absolute Gasteiger partial charge is 0.233 e. The second-order valence-corrected chi connectivity index (χ2v) is 7.10. The predicted octanol–water partition coefficient (Wildman–Crippen LogP) is 3.46. The minimum absolute atomic E-state index is 0.131. The quantitative estimate of drug-likeness (QED) is 0.709. The van der Waals surface area contributed by atoms with Gasteiger partial charge in [0.25, 0.3) is 0 Å². The Balaban J connectivity index is 1.37. The molecule has 5 heteroatoms. The van der Waals surface area contributed by atoms with Gasteiger partial charge in [-0.1, -0.05) is 24.3 Å². The molecule has 0 N–H and O–H groups in total. The largest absolute Gasteiger partial charge is 0.311 e. The van der Waals surface area contributed by atoms with Gasteiger partial charge in [-0.3, -0.25) is 9.78 Å². The van der Waals surface area contributed by atoms with E-state index in [2.05, 4.69) is 16.0 Å². The Kier molecular flexibility index (Phi) is 4.57. The maximum atomic E-state index is 12.6. The van der Waals surface area contributed by atoms with Crippen molar-refractivity contribution in [1.29, 1.82) is 0 Å². The Labute approximate surface area is 151 Å². The van der Waals surface area contributed by atoms with Crippen molar-refractivity contribution >= 4 is 22.9 Å². The van der Waals surface area contributed by atoms with Crippen molar-refractivity contribution in [2.75, 3.05) is 11.4 Å². The maximum absolute atomic E-state index is 12.6. The van der Waals surface area contributed by atoms with Crippen LogP contribution in [0.2, 0.25) is 0 Å². The molecule has 0 bridgehead atoms. The van der Waals surface area contributed by atoms with Crippen LogP contribution in [0.4, 0.5) is 5.69 Å². The number of carbonyl (C=O) groups is 1. The highest BCUT2D eigenvalue weighted by atomic mass is 32.1. The number of anilines is 1. The van der Waals surface area contributed by atoms with Gasteiger partial charge in [0.05, 0.1) is 17.1 Å². The average Bonchev–Trinajstić information content (AvgIpc) is 3.27. The van der Waals surface area contributed by atoms with Crippen LogP contribution in [0, 0.1) is 0 Å². The molecule has 0 saturated heterocycles. The van der Waals surface area contributed by atoms with E-state index in [0.29, 0.717) is 6.42 Å². The molecule has 0 unspecified atom stereocenters. The summed E-state index contributed by atoms with van der Waals surface area (Å²) in [6.07, 6.45) is 4.86. The van der Waals surface area contributed by atoms with Gasteiger partial charge in [-0.05, 0) is 36.6 Å². The Bertz CT molecular complexity index is 875. The van der Waals surface area contributed by atoms with Gasteiger partial charge < -0.3 is 4.90 Å². The summed E-state index contributed by atoms with van der Waals surface area (Å²) in [6, 6.07) is 14.1. The third kappa shape index (κ3) is 3.61. The molecule has 0 saturated carbocycles. The SMILES string of the molecule is O=C(Cc1csc(CCc2ccccn2)n1)N1CCc2ccccc21. The fourth-order valence-electron chi connectivity index (χ4n) is 3.17. The van der Waals surface area contributed by atoms with E-state index in [1.54, 1.807) is 11.3 Å². The molecule has 0 aliphatic carbocycles. The number of para-hydroxylation sites is 1. The summed E-state index contributed by atoms with van der Waals surface area (Å²) >= 11 is 1.63. The van der Waals surface area contributed by atoms with Crippen LogP contribution >= 0.6 is 11.3 Å². The number of aromatic nitrogens is 2. The molecule has 2 aromatic heterocycles. The van der Waals surface area contributed by atoms with Crippen LogP contribution in [0.3, 0.4) is 0 Å². The third-order valence-electron chi connectivity index (χ3n) is 4.44. The standard InChI is InChI=1S/C20H19N3OS/c24-20(23-12-10-15-5-1-2-7-18(15)23)13-17-14-25-19(22-17)9-8-16-6-3-4-11-21-16/h1-7,11,14H,8-10,12-13H2. The van der Waals surface area contributed by atoms with E-state index in [-0.39, 0.29) is 5.91 Å². The molecule has 1 aromatic carbocycles. The molecule has 1 amide bonds. The predicted molar refractivity (Wildman–Crippen MR) is 100.0 cm³/mol. The van der Waals surface area contributed by atoms with Crippen molar-refractivity contribution in [3.05, 3.63) is 76.0 Å². The molecule has 126 valence electrons. The number of amides is 1. The van der Waals surface area contributed by atoms with Crippen LogP contribution in [-0.2, 0) is 30.5 Å². The van der Waals surface area contributed by atoms with Crippen molar-refractivity contribution in [2.45, 2.75) is 25.7 Å². The van der Waals surface area contributed by atoms with Gasteiger partial charge in [0, 0.05) is 35.9 Å². The van der Waals surface area contributed by atoms with Crippen LogP contribution in [0.15, 0.2) is 54.0 Å². The molecule has 4 rings (SSSR count). The van der Waals surface area contributed by atoms with Gasteiger partial charge in [-0.25, -0.2) is 4.98 Å². The normalized spacial score (nSPS) is 13.0. The minimum atomic E-state index is 0.131. The first-order chi connectivity index (χ1) is 12.3. The number of thiazole rings is 1. The molecule has 3 aromatic rings. The minimum Gasteiger partial charge on any atom is -0.311 e. The topological polar surface area (TPSA) is 46.1 Å². The molecule has 3 heterocycles. The Morgan fingerprint density at radius 1 is 1.08 bits per heavy atom. The van der Waals surface area contributed by atoms with Crippen LogP contribution in [0.25, 0.3) is 0 Å². The van der Waals surface area contributed by atoms with Crippen LogP contribution in [0.5, 0.6) is 0 Å². The molecule has 0 spiro atoms. The number of hydrogen-bond acceptors (Lipinski definition) is 4. The van der Waals surface area contributed by atoms with Gasteiger partial charge >= 0.3 is 0 Å². The van der Waals surface area contributed by atoms with Gasteiger partial charge in [-0.2, -0.15) is 0 Å². The van der Waals surface area contributed by atoms with Crippen molar-refractivity contribution in [3.8, 4) is 0 Å². The number of aryl methyl sites for hydroxylation is 2. The highest BCUT2D eigenvalue weighted by Crippen LogP contribution is 2.28. The number of carbonyl (C=O) groups excluding carboxylic acids is 1. The maximum Gasteiger partial charge on any atom is 0.233 e. The van der Waals surface area contributed by atoms with Gasteiger partial charge in [0.15, 0.2) is 0 Å². The van der Waals surface area contributed by atoms with Crippen LogP contribution in [0.1, 0.15) is 22.0 Å². The lowest BCUT2D eigenvalue weighted by molar-refractivity contribution is -0.117. The summed E-state index contributed by atoms with van der Waals surface area (Å²) in [6.45, 7) is 0.773. The zero-order valence-corrected chi connectivity index (χ0v) is 14.7. The van der Waals surface area contributed by atoms with E-state index in [1.807, 2.05) is 52.9 Å². The molecule has 1 aliphatic rings. The lowest BCUT2D eigenvalue weighted by Crippen LogP contribution is -2.30. The zero-order chi connectivity index (χ0) is 17.1. The van der Waals surface area contributed by atoms with E-state index in [1.165, 1.54) is 5.56 Å². The first-order valence-corrected chi connectivity index (χ1v) is 9.39. The summed E-state index contributed by atoms with van der Waals surface area (Å²) in [7, 11) is 0. The number of fused-ring (bicyclic) bond motifs is 1. The first-order valence-electron chi connectivity index (χ1n) is 8.51. The van der Waals surface area contributed by atoms with Crippen LogP contribution < -0.4 is 4.90 Å². The van der Waals surface area contributed by atoms with E-state index in [4.69, 9.17) is 0 Å². The third-order valence-corrected chi connectivity index (χ3v) is 5.40. The summed E-state index contributed by atoms with van der Waals surface area (Å²) in [4.78, 5) is 23.5. The van der Waals surface area contributed by atoms with Gasteiger partial charge in [0.2, 0.25) is 5.91 Å². The molecule has 25 heavy (non-hydrogen) atoms. The number of pyridine rings is 1. The van der Waals surface area contributed by atoms with Gasteiger partial charge in [-0.15, -0.1) is 11.3 Å². The summed E-state index contributed by atoms with van der Waals surface area (Å²) in [5, 5.41) is 3.07. The van der Waals surface area contributed by atoms with E-state index in [9.17, 15) is 4.79 Å². The number of rotatable bonds is 5. The number of hydrogen-bond donors (Lipinski definition) is 0. The molecular weight excluding hydrogens is 330 g/mol. The summed E-state index contributed by atoms with van der Waals surface area (Å²) in [5.41, 5.74) is 4.25. The Morgan fingerprint density at radius 3 is 2.84 bits per heavy atom. The number of benzene rings is 1. The van der Waals surface area contributed by atoms with E-state index in [0.717, 1.165) is 47.9 Å². The molecule has 0 fully saturated rings. The van der Waals surface area contributed by atoms with E-state index >= 15 is 0 Å². The molecular formula is C20H19N3OS. The van der Waals surface area contributed by atoms with Crippen molar-refractivity contribution < 1.29 is 4.79 Å². The lowest BCUT2D eigenvalue weighted by Gasteiger charge is -2.16. The summed E-state index contributed by atoms with van der Waals surface area (Å²) < 4.78 is 0. The van der Waals surface area contributed by atoms with Crippen molar-refractivity contribution in [1.82, 2.24) is 9.97 Å². The Morgan fingerprint density at radius 2 is 1.96 bits per heavy atom. The molecule has 0 atom stereocenters. The molecule has 4 nitrogen and oxygen atoms in total. The fraction of sp³-hybridized carbons (Fsp3) is 0.250. The zero-order valence-electron chi connectivity index (χ0n) is 13.9. The second-order valence-electron chi connectivity index (χ2n) is 6.15. The number of nitrogens with zero attached hydrogens (tertiary/aromatic N) is 3. The van der Waals surface area contributed by atoms with E-state index < -0.39 is 0 Å². The Hall–Kier alpha value is -2.53. The second kappa shape index (κ2) is 7.15. The van der Waals surface area contributed by atoms with Crippen molar-refractivity contribution in [3.63, 3.8) is 0 Å².